The SMILES string of the molecule is NOCc1ccc(OC2CCSCC2)cc1. The Morgan fingerprint density at radius 2 is 1.88 bits per heavy atom. The van der Waals surface area contributed by atoms with Gasteiger partial charge in [-0.15, -0.1) is 0 Å². The van der Waals surface area contributed by atoms with E-state index in [-0.39, 0.29) is 0 Å². The molecule has 0 bridgehead atoms. The standard InChI is InChI=1S/C12H17NO2S/c13-14-9-10-1-3-11(4-2-10)15-12-5-7-16-8-6-12/h1-4,12H,5-9,13H2. The molecule has 0 unspecified atom stereocenters. The number of hydrogen-bond acceptors (Lipinski definition) is 4. The molecule has 4 heteroatoms. The lowest BCUT2D eigenvalue weighted by Crippen LogP contribution is -2.21. The smallest absolute Gasteiger partial charge is 0.119 e. The summed E-state index contributed by atoms with van der Waals surface area (Å²) in [7, 11) is 0. The van der Waals surface area contributed by atoms with Gasteiger partial charge in [-0.1, -0.05) is 12.1 Å². The van der Waals surface area contributed by atoms with Gasteiger partial charge in [0.15, 0.2) is 0 Å². The molecule has 88 valence electrons. The first-order valence-corrected chi connectivity index (χ1v) is 6.69. The van der Waals surface area contributed by atoms with Crippen LogP contribution in [0.2, 0.25) is 0 Å². The fraction of sp³-hybridized carbons (Fsp3) is 0.500. The Kier molecular flexibility index (Phi) is 4.51. The lowest BCUT2D eigenvalue weighted by molar-refractivity contribution is 0.124. The molecular weight excluding hydrogens is 222 g/mol. The summed E-state index contributed by atoms with van der Waals surface area (Å²) in [5.41, 5.74) is 1.06. The zero-order valence-corrected chi connectivity index (χ0v) is 10.0. The molecule has 2 N–H and O–H groups in total. The molecule has 3 nitrogen and oxygen atoms in total. The van der Waals surface area contributed by atoms with E-state index in [9.17, 15) is 0 Å². The van der Waals surface area contributed by atoms with E-state index >= 15 is 0 Å². The first-order chi connectivity index (χ1) is 7.88. The molecule has 1 aromatic carbocycles. The van der Waals surface area contributed by atoms with Crippen LogP contribution < -0.4 is 10.6 Å². The van der Waals surface area contributed by atoms with E-state index in [4.69, 9.17) is 10.6 Å². The van der Waals surface area contributed by atoms with Crippen LogP contribution in [0.5, 0.6) is 5.75 Å². The van der Waals surface area contributed by atoms with Crippen molar-refractivity contribution in [3.05, 3.63) is 29.8 Å². The number of hydrogen-bond donors (Lipinski definition) is 1. The van der Waals surface area contributed by atoms with E-state index in [0.29, 0.717) is 12.7 Å². The van der Waals surface area contributed by atoms with E-state index in [1.807, 2.05) is 36.0 Å². The third kappa shape index (κ3) is 3.40. The van der Waals surface area contributed by atoms with Gasteiger partial charge in [0.25, 0.3) is 0 Å². The minimum absolute atomic E-state index is 0.387. The van der Waals surface area contributed by atoms with E-state index in [1.54, 1.807) is 0 Å². The van der Waals surface area contributed by atoms with Crippen molar-refractivity contribution in [3.63, 3.8) is 0 Å². The second-order valence-corrected chi connectivity index (χ2v) is 5.11. The number of thioether (sulfide) groups is 1. The minimum atomic E-state index is 0.387. The van der Waals surface area contributed by atoms with Crippen LogP contribution in [0.3, 0.4) is 0 Å². The monoisotopic (exact) mass is 239 g/mol. The van der Waals surface area contributed by atoms with Gasteiger partial charge in [-0.25, -0.2) is 5.90 Å². The van der Waals surface area contributed by atoms with Gasteiger partial charge in [0.2, 0.25) is 0 Å². The highest BCUT2D eigenvalue weighted by atomic mass is 32.2. The Labute approximate surface area is 100 Å². The zero-order chi connectivity index (χ0) is 11.2. The van der Waals surface area contributed by atoms with Gasteiger partial charge in [-0.2, -0.15) is 11.8 Å². The topological polar surface area (TPSA) is 44.5 Å². The Morgan fingerprint density at radius 1 is 1.19 bits per heavy atom. The molecule has 1 saturated heterocycles. The van der Waals surface area contributed by atoms with Crippen molar-refractivity contribution >= 4 is 11.8 Å². The van der Waals surface area contributed by atoms with Crippen molar-refractivity contribution in [1.29, 1.82) is 0 Å². The van der Waals surface area contributed by atoms with Crippen LogP contribution in [0.4, 0.5) is 0 Å². The molecule has 0 aromatic heterocycles. The summed E-state index contributed by atoms with van der Waals surface area (Å²) in [4.78, 5) is 4.57. The van der Waals surface area contributed by atoms with Crippen LogP contribution in [-0.2, 0) is 11.4 Å². The average Bonchev–Trinajstić information content (AvgIpc) is 2.33. The van der Waals surface area contributed by atoms with Crippen LogP contribution in [0, 0.1) is 0 Å². The van der Waals surface area contributed by atoms with E-state index in [1.165, 1.54) is 11.5 Å². The highest BCUT2D eigenvalue weighted by Crippen LogP contribution is 2.22. The molecule has 2 rings (SSSR count). The van der Waals surface area contributed by atoms with Crippen LogP contribution in [0.15, 0.2) is 24.3 Å². The van der Waals surface area contributed by atoms with Crippen molar-refractivity contribution in [2.24, 2.45) is 5.90 Å². The quantitative estimate of drug-likeness (QED) is 0.819. The largest absolute Gasteiger partial charge is 0.490 e. The van der Waals surface area contributed by atoms with Crippen LogP contribution in [0.25, 0.3) is 0 Å². The molecular formula is C12H17NO2S. The van der Waals surface area contributed by atoms with E-state index < -0.39 is 0 Å². The number of ether oxygens (including phenoxy) is 1. The number of benzene rings is 1. The second kappa shape index (κ2) is 6.13. The van der Waals surface area contributed by atoms with Crippen molar-refractivity contribution in [2.75, 3.05) is 11.5 Å². The first kappa shape index (κ1) is 11.8. The molecule has 16 heavy (non-hydrogen) atoms. The van der Waals surface area contributed by atoms with Crippen LogP contribution >= 0.6 is 11.8 Å². The van der Waals surface area contributed by atoms with E-state index in [0.717, 1.165) is 24.2 Å². The number of rotatable bonds is 4. The predicted molar refractivity (Wildman–Crippen MR) is 66.4 cm³/mol. The summed E-state index contributed by atoms with van der Waals surface area (Å²) in [6.45, 7) is 0.445. The molecule has 0 spiro atoms. The second-order valence-electron chi connectivity index (χ2n) is 3.88. The lowest BCUT2D eigenvalue weighted by Gasteiger charge is -2.22. The molecule has 1 heterocycles. The van der Waals surface area contributed by atoms with Gasteiger partial charge in [0.05, 0.1) is 6.61 Å². The van der Waals surface area contributed by atoms with Crippen molar-refractivity contribution in [1.82, 2.24) is 0 Å². The van der Waals surface area contributed by atoms with Gasteiger partial charge in [0.1, 0.15) is 11.9 Å². The zero-order valence-electron chi connectivity index (χ0n) is 9.22. The Hall–Kier alpha value is -0.710. The van der Waals surface area contributed by atoms with Crippen molar-refractivity contribution in [3.8, 4) is 5.75 Å². The van der Waals surface area contributed by atoms with Gasteiger partial charge in [-0.3, -0.25) is 4.84 Å². The maximum Gasteiger partial charge on any atom is 0.119 e. The molecule has 1 aliphatic rings. The molecule has 0 amide bonds. The number of nitrogens with two attached hydrogens (primary N) is 1. The highest BCUT2D eigenvalue weighted by molar-refractivity contribution is 7.99. The lowest BCUT2D eigenvalue weighted by atomic mass is 10.2. The highest BCUT2D eigenvalue weighted by Gasteiger charge is 2.14. The summed E-state index contributed by atoms with van der Waals surface area (Å²) in [6, 6.07) is 7.94. The fourth-order valence-electron chi connectivity index (χ4n) is 1.75. The van der Waals surface area contributed by atoms with E-state index in [2.05, 4.69) is 4.84 Å². The summed E-state index contributed by atoms with van der Waals surface area (Å²) in [6.07, 6.45) is 2.69. The van der Waals surface area contributed by atoms with Gasteiger partial charge in [-0.05, 0) is 42.0 Å². The van der Waals surface area contributed by atoms with Gasteiger partial charge >= 0.3 is 0 Å². The Balaban J connectivity index is 1.88. The first-order valence-electron chi connectivity index (χ1n) is 5.53. The third-order valence-electron chi connectivity index (χ3n) is 2.64. The summed E-state index contributed by atoms with van der Waals surface area (Å²) in [5, 5.41) is 0. The minimum Gasteiger partial charge on any atom is -0.490 e. The molecule has 1 aromatic rings. The molecule has 0 atom stereocenters. The Bertz CT molecular complexity index is 309. The molecule has 0 saturated carbocycles. The molecule has 0 radical (unpaired) electrons. The summed E-state index contributed by atoms with van der Waals surface area (Å²) in [5.74, 6) is 8.38. The fourth-order valence-corrected chi connectivity index (χ4v) is 2.81. The Morgan fingerprint density at radius 3 is 2.50 bits per heavy atom. The normalized spacial score (nSPS) is 17.3. The summed E-state index contributed by atoms with van der Waals surface area (Å²) >= 11 is 2.01. The van der Waals surface area contributed by atoms with Crippen molar-refractivity contribution < 1.29 is 9.57 Å². The average molecular weight is 239 g/mol. The van der Waals surface area contributed by atoms with Gasteiger partial charge in [0, 0.05) is 0 Å². The van der Waals surface area contributed by atoms with Crippen molar-refractivity contribution in [2.45, 2.75) is 25.6 Å². The molecule has 1 aliphatic heterocycles. The maximum absolute atomic E-state index is 5.90. The van der Waals surface area contributed by atoms with Crippen LogP contribution in [0.1, 0.15) is 18.4 Å². The van der Waals surface area contributed by atoms with Crippen LogP contribution in [-0.4, -0.2) is 17.6 Å². The predicted octanol–water partition coefficient (Wildman–Crippen LogP) is 2.35. The molecule has 0 aliphatic carbocycles. The summed E-state index contributed by atoms with van der Waals surface area (Å²) < 4.78 is 5.90. The third-order valence-corrected chi connectivity index (χ3v) is 3.69. The van der Waals surface area contributed by atoms with Gasteiger partial charge < -0.3 is 4.74 Å². The molecule has 1 fully saturated rings. The maximum atomic E-state index is 5.90.